The summed E-state index contributed by atoms with van der Waals surface area (Å²) >= 11 is 1.62. The highest BCUT2D eigenvalue weighted by molar-refractivity contribution is 7.99. The van der Waals surface area contributed by atoms with Gasteiger partial charge in [0.2, 0.25) is 5.16 Å². The van der Waals surface area contributed by atoms with Crippen LogP contribution in [-0.2, 0) is 0 Å². The van der Waals surface area contributed by atoms with Crippen LogP contribution in [0, 0.1) is 0 Å². The van der Waals surface area contributed by atoms with Gasteiger partial charge in [0.05, 0.1) is 6.04 Å². The van der Waals surface area contributed by atoms with E-state index in [1.807, 2.05) is 4.68 Å². The van der Waals surface area contributed by atoms with E-state index in [1.54, 1.807) is 11.8 Å². The zero-order valence-corrected chi connectivity index (χ0v) is 8.97. The molecule has 0 N–H and O–H groups in total. The van der Waals surface area contributed by atoms with E-state index >= 15 is 0 Å². The summed E-state index contributed by atoms with van der Waals surface area (Å²) in [6, 6.07) is 0.514. The highest BCUT2D eigenvalue weighted by Crippen LogP contribution is 2.36. The third-order valence-electron chi connectivity index (χ3n) is 2.05. The van der Waals surface area contributed by atoms with E-state index in [2.05, 4.69) is 25.6 Å². The van der Waals surface area contributed by atoms with Gasteiger partial charge in [-0.05, 0) is 35.2 Å². The summed E-state index contributed by atoms with van der Waals surface area (Å²) in [5.41, 5.74) is 8.09. The van der Waals surface area contributed by atoms with Crippen LogP contribution >= 0.6 is 11.8 Å². The molecule has 1 aliphatic rings. The van der Waals surface area contributed by atoms with E-state index < -0.39 is 0 Å². The maximum Gasteiger partial charge on any atom is 0.209 e. The highest BCUT2D eigenvalue weighted by Gasteiger charge is 2.27. The molecule has 8 heteroatoms. The van der Waals surface area contributed by atoms with Crippen molar-refractivity contribution in [3.8, 4) is 0 Å². The Morgan fingerprint density at radius 2 is 2.47 bits per heavy atom. The molecular formula is C7H11N7S. The van der Waals surface area contributed by atoms with Crippen molar-refractivity contribution in [3.63, 3.8) is 0 Å². The van der Waals surface area contributed by atoms with Crippen LogP contribution in [0.2, 0.25) is 0 Å². The van der Waals surface area contributed by atoms with Gasteiger partial charge < -0.3 is 0 Å². The van der Waals surface area contributed by atoms with Crippen molar-refractivity contribution < 1.29 is 0 Å². The zero-order chi connectivity index (χ0) is 10.5. The second-order valence-electron chi connectivity index (χ2n) is 3.29. The van der Waals surface area contributed by atoms with Crippen LogP contribution in [0.5, 0.6) is 0 Å². The Morgan fingerprint density at radius 1 is 1.60 bits per heavy atom. The summed E-state index contributed by atoms with van der Waals surface area (Å²) in [4.78, 5) is 2.70. The van der Waals surface area contributed by atoms with Crippen LogP contribution in [0.1, 0.15) is 25.3 Å². The minimum atomic E-state index is 0.514. The molecule has 7 nitrogen and oxygen atoms in total. The maximum absolute atomic E-state index is 8.09. The number of aromatic nitrogens is 4. The van der Waals surface area contributed by atoms with Crippen LogP contribution in [-0.4, -0.2) is 32.5 Å². The molecule has 0 aromatic carbocycles. The van der Waals surface area contributed by atoms with Crippen molar-refractivity contribution in [2.75, 3.05) is 12.3 Å². The lowest BCUT2D eigenvalue weighted by molar-refractivity contribution is 0.565. The summed E-state index contributed by atoms with van der Waals surface area (Å²) in [5.74, 6) is 0.881. The van der Waals surface area contributed by atoms with Gasteiger partial charge in [-0.25, -0.2) is 4.68 Å². The Morgan fingerprint density at radius 3 is 3.20 bits per heavy atom. The summed E-state index contributed by atoms with van der Waals surface area (Å²) in [6.45, 7) is 0.536. The number of hydrogen-bond acceptors (Lipinski definition) is 5. The van der Waals surface area contributed by atoms with Crippen molar-refractivity contribution in [2.45, 2.75) is 30.5 Å². The molecule has 1 aliphatic carbocycles. The molecule has 0 radical (unpaired) electrons. The number of rotatable bonds is 6. The predicted molar refractivity (Wildman–Crippen MR) is 55.4 cm³/mol. The van der Waals surface area contributed by atoms with Crippen LogP contribution in [0.15, 0.2) is 10.3 Å². The topological polar surface area (TPSA) is 92.4 Å². The number of azide groups is 1. The van der Waals surface area contributed by atoms with E-state index in [9.17, 15) is 0 Å². The first kappa shape index (κ1) is 10.3. The molecule has 0 bridgehead atoms. The first-order valence-corrected chi connectivity index (χ1v) is 5.82. The molecule has 1 fully saturated rings. The monoisotopic (exact) mass is 225 g/mol. The molecule has 0 aliphatic heterocycles. The largest absolute Gasteiger partial charge is 0.217 e. The zero-order valence-electron chi connectivity index (χ0n) is 8.15. The summed E-state index contributed by atoms with van der Waals surface area (Å²) in [5, 5.41) is 15.9. The lowest BCUT2D eigenvalue weighted by Crippen LogP contribution is -1.99. The van der Waals surface area contributed by atoms with Crippen LogP contribution < -0.4 is 0 Å². The molecule has 15 heavy (non-hydrogen) atoms. The SMILES string of the molecule is [N-]=[N+]=NCCCSc1nnnn1C1CC1. The fourth-order valence-corrected chi connectivity index (χ4v) is 2.04. The second-order valence-corrected chi connectivity index (χ2v) is 4.36. The van der Waals surface area contributed by atoms with Gasteiger partial charge in [0.25, 0.3) is 0 Å². The van der Waals surface area contributed by atoms with E-state index in [0.29, 0.717) is 12.6 Å². The van der Waals surface area contributed by atoms with Gasteiger partial charge in [-0.2, -0.15) is 0 Å². The van der Waals surface area contributed by atoms with Gasteiger partial charge in [0, 0.05) is 17.2 Å². The highest BCUT2D eigenvalue weighted by atomic mass is 32.2. The van der Waals surface area contributed by atoms with Gasteiger partial charge in [-0.3, -0.25) is 0 Å². The molecule has 1 aromatic heterocycles. The van der Waals surface area contributed by atoms with Crippen LogP contribution in [0.3, 0.4) is 0 Å². The first-order chi connectivity index (χ1) is 7.42. The maximum atomic E-state index is 8.09. The Kier molecular flexibility index (Phi) is 3.41. The lowest BCUT2D eigenvalue weighted by atomic mass is 10.5. The molecule has 0 spiro atoms. The summed E-state index contributed by atoms with van der Waals surface area (Å²) < 4.78 is 1.89. The third kappa shape index (κ3) is 2.84. The molecule has 0 amide bonds. The Bertz CT molecular complexity index is 365. The predicted octanol–water partition coefficient (Wildman–Crippen LogP) is 1.80. The molecule has 1 aromatic rings. The van der Waals surface area contributed by atoms with Crippen molar-refractivity contribution in [1.29, 1.82) is 0 Å². The fourth-order valence-electron chi connectivity index (χ4n) is 1.17. The third-order valence-corrected chi connectivity index (χ3v) is 3.07. The molecule has 0 saturated heterocycles. The standard InChI is InChI=1S/C7H11N7S/c8-11-9-4-1-5-15-7-10-12-13-14(7)6-2-3-6/h6H,1-5H2. The van der Waals surface area contributed by atoms with E-state index in [1.165, 1.54) is 12.8 Å². The smallest absolute Gasteiger partial charge is 0.209 e. The van der Waals surface area contributed by atoms with Crippen LogP contribution in [0.25, 0.3) is 10.4 Å². The molecule has 1 saturated carbocycles. The molecular weight excluding hydrogens is 214 g/mol. The minimum Gasteiger partial charge on any atom is -0.217 e. The Hall–Kier alpha value is -1.27. The van der Waals surface area contributed by atoms with Crippen molar-refractivity contribution >= 4 is 11.8 Å². The molecule has 0 atom stereocenters. The first-order valence-electron chi connectivity index (χ1n) is 4.83. The Balaban J connectivity index is 1.77. The number of nitrogens with zero attached hydrogens (tertiary/aromatic N) is 7. The molecule has 2 rings (SSSR count). The van der Waals surface area contributed by atoms with Gasteiger partial charge in [0.15, 0.2) is 0 Å². The van der Waals surface area contributed by atoms with Gasteiger partial charge in [-0.1, -0.05) is 16.9 Å². The molecule has 80 valence electrons. The molecule has 1 heterocycles. The number of tetrazole rings is 1. The van der Waals surface area contributed by atoms with Gasteiger partial charge in [-0.15, -0.1) is 5.10 Å². The molecule has 0 unspecified atom stereocenters. The Labute approximate surface area is 90.9 Å². The fraction of sp³-hybridized carbons (Fsp3) is 0.857. The average molecular weight is 225 g/mol. The summed E-state index contributed by atoms with van der Waals surface area (Å²) in [7, 11) is 0. The number of thioether (sulfide) groups is 1. The van der Waals surface area contributed by atoms with Crippen molar-refractivity contribution in [1.82, 2.24) is 20.2 Å². The minimum absolute atomic E-state index is 0.514. The van der Waals surface area contributed by atoms with Crippen molar-refractivity contribution in [2.24, 2.45) is 5.11 Å². The lowest BCUT2D eigenvalue weighted by Gasteiger charge is -2.00. The van der Waals surface area contributed by atoms with E-state index in [0.717, 1.165) is 17.3 Å². The van der Waals surface area contributed by atoms with Gasteiger partial charge >= 0.3 is 0 Å². The number of hydrogen-bond donors (Lipinski definition) is 0. The van der Waals surface area contributed by atoms with Gasteiger partial charge in [0.1, 0.15) is 0 Å². The normalized spacial score (nSPS) is 14.9. The van der Waals surface area contributed by atoms with Crippen molar-refractivity contribution in [3.05, 3.63) is 10.4 Å². The quantitative estimate of drug-likeness (QED) is 0.242. The average Bonchev–Trinajstić information content (AvgIpc) is 2.99. The van der Waals surface area contributed by atoms with Crippen LogP contribution in [0.4, 0.5) is 0 Å². The van der Waals surface area contributed by atoms with E-state index in [4.69, 9.17) is 5.53 Å². The second kappa shape index (κ2) is 4.99. The summed E-state index contributed by atoms with van der Waals surface area (Å²) in [6.07, 6.45) is 3.21. The van der Waals surface area contributed by atoms with E-state index in [-0.39, 0.29) is 0 Å².